The summed E-state index contributed by atoms with van der Waals surface area (Å²) in [5.74, 6) is 1.07. The Labute approximate surface area is 137 Å². The minimum absolute atomic E-state index is 0.436. The number of nitrogens with one attached hydrogen (secondary N) is 2. The van der Waals surface area contributed by atoms with E-state index in [9.17, 15) is 0 Å². The van der Waals surface area contributed by atoms with E-state index >= 15 is 0 Å². The first-order valence-electron chi connectivity index (χ1n) is 6.76. The Morgan fingerprint density at radius 1 is 0.909 bits per heavy atom. The molecule has 0 amide bonds. The number of benzene rings is 2. The molecule has 3 rings (SSSR count). The standard InChI is InChI=1S/C16H14BrN5/c1-11-6-2-4-8-13(11)19-15-10-18-22-16(21-15)20-14-9-5-3-7-12(14)17/h2-10H,1H3,(H2,19,20,21,22). The summed E-state index contributed by atoms with van der Waals surface area (Å²) in [5, 5.41) is 14.4. The fourth-order valence-electron chi connectivity index (χ4n) is 1.95. The van der Waals surface area contributed by atoms with Crippen molar-refractivity contribution in [3.8, 4) is 0 Å². The molecule has 0 bridgehead atoms. The highest BCUT2D eigenvalue weighted by atomic mass is 79.9. The maximum atomic E-state index is 4.43. The first kappa shape index (κ1) is 14.5. The average molecular weight is 356 g/mol. The van der Waals surface area contributed by atoms with Crippen molar-refractivity contribution in [2.24, 2.45) is 0 Å². The molecule has 0 fully saturated rings. The van der Waals surface area contributed by atoms with Crippen LogP contribution in [0.1, 0.15) is 5.56 Å². The molecule has 0 atom stereocenters. The highest BCUT2D eigenvalue weighted by Crippen LogP contribution is 2.24. The summed E-state index contributed by atoms with van der Waals surface area (Å²) >= 11 is 3.48. The van der Waals surface area contributed by atoms with Crippen molar-refractivity contribution in [1.82, 2.24) is 15.2 Å². The van der Waals surface area contributed by atoms with Crippen LogP contribution in [-0.2, 0) is 0 Å². The summed E-state index contributed by atoms with van der Waals surface area (Å²) in [6, 6.07) is 15.8. The van der Waals surface area contributed by atoms with E-state index in [0.717, 1.165) is 21.4 Å². The van der Waals surface area contributed by atoms with Gasteiger partial charge in [-0.3, -0.25) is 0 Å². The fraction of sp³-hybridized carbons (Fsp3) is 0.0625. The van der Waals surface area contributed by atoms with Gasteiger partial charge in [0.15, 0.2) is 5.82 Å². The quantitative estimate of drug-likeness (QED) is 0.724. The van der Waals surface area contributed by atoms with E-state index in [4.69, 9.17) is 0 Å². The van der Waals surface area contributed by atoms with Crippen LogP contribution in [0.15, 0.2) is 59.2 Å². The predicted octanol–water partition coefficient (Wildman–Crippen LogP) is 4.43. The van der Waals surface area contributed by atoms with Gasteiger partial charge in [0.1, 0.15) is 0 Å². The number of rotatable bonds is 4. The predicted molar refractivity (Wildman–Crippen MR) is 91.7 cm³/mol. The molecule has 0 aliphatic carbocycles. The van der Waals surface area contributed by atoms with Crippen LogP contribution >= 0.6 is 15.9 Å². The molecule has 2 aromatic carbocycles. The van der Waals surface area contributed by atoms with E-state index in [2.05, 4.69) is 41.7 Å². The van der Waals surface area contributed by atoms with Gasteiger partial charge < -0.3 is 10.6 Å². The van der Waals surface area contributed by atoms with Gasteiger partial charge in [-0.2, -0.15) is 10.1 Å². The van der Waals surface area contributed by atoms with Gasteiger partial charge in [-0.25, -0.2) is 0 Å². The van der Waals surface area contributed by atoms with Crippen molar-refractivity contribution in [2.75, 3.05) is 10.6 Å². The van der Waals surface area contributed by atoms with Gasteiger partial charge in [-0.1, -0.05) is 30.3 Å². The van der Waals surface area contributed by atoms with Crippen LogP contribution in [0.2, 0.25) is 0 Å². The zero-order valence-electron chi connectivity index (χ0n) is 11.9. The molecule has 1 heterocycles. The third-order valence-electron chi connectivity index (χ3n) is 3.09. The molecule has 22 heavy (non-hydrogen) atoms. The van der Waals surface area contributed by atoms with Crippen molar-refractivity contribution in [3.05, 3.63) is 64.8 Å². The summed E-state index contributed by atoms with van der Waals surface area (Å²) in [5.41, 5.74) is 3.02. The molecule has 6 heteroatoms. The van der Waals surface area contributed by atoms with E-state index in [1.807, 2.05) is 55.5 Å². The number of hydrogen-bond acceptors (Lipinski definition) is 5. The average Bonchev–Trinajstić information content (AvgIpc) is 2.52. The maximum absolute atomic E-state index is 4.43. The highest BCUT2D eigenvalue weighted by Gasteiger charge is 2.05. The minimum Gasteiger partial charge on any atom is -0.339 e. The SMILES string of the molecule is Cc1ccccc1Nc1cnnc(Nc2ccccc2Br)n1. The molecule has 0 aliphatic rings. The Balaban J connectivity index is 1.81. The summed E-state index contributed by atoms with van der Waals surface area (Å²) in [7, 11) is 0. The van der Waals surface area contributed by atoms with Crippen LogP contribution in [0.5, 0.6) is 0 Å². The summed E-state index contributed by atoms with van der Waals surface area (Å²) in [6.07, 6.45) is 1.59. The topological polar surface area (TPSA) is 62.7 Å². The third kappa shape index (κ3) is 3.40. The maximum Gasteiger partial charge on any atom is 0.249 e. The van der Waals surface area contributed by atoms with E-state index < -0.39 is 0 Å². The number of hydrogen-bond donors (Lipinski definition) is 2. The summed E-state index contributed by atoms with van der Waals surface area (Å²) in [4.78, 5) is 4.43. The van der Waals surface area contributed by atoms with Gasteiger partial charge in [-0.15, -0.1) is 5.10 Å². The molecule has 0 spiro atoms. The lowest BCUT2D eigenvalue weighted by Crippen LogP contribution is -2.03. The van der Waals surface area contributed by atoms with Crippen LogP contribution in [0.25, 0.3) is 0 Å². The molecule has 3 aromatic rings. The second kappa shape index (κ2) is 6.53. The van der Waals surface area contributed by atoms with Crippen molar-refractivity contribution in [2.45, 2.75) is 6.92 Å². The van der Waals surface area contributed by atoms with E-state index in [0.29, 0.717) is 11.8 Å². The summed E-state index contributed by atoms with van der Waals surface area (Å²) in [6.45, 7) is 2.04. The number of para-hydroxylation sites is 2. The Kier molecular flexibility index (Phi) is 4.29. The zero-order valence-corrected chi connectivity index (χ0v) is 13.5. The molecule has 0 unspecified atom stereocenters. The van der Waals surface area contributed by atoms with Crippen molar-refractivity contribution in [1.29, 1.82) is 0 Å². The van der Waals surface area contributed by atoms with E-state index in [1.54, 1.807) is 6.20 Å². The Morgan fingerprint density at radius 3 is 2.41 bits per heavy atom. The normalized spacial score (nSPS) is 10.3. The van der Waals surface area contributed by atoms with Crippen LogP contribution in [0.4, 0.5) is 23.1 Å². The largest absolute Gasteiger partial charge is 0.339 e. The number of aromatic nitrogens is 3. The van der Waals surface area contributed by atoms with Gasteiger partial charge in [-0.05, 0) is 46.6 Å². The zero-order chi connectivity index (χ0) is 15.4. The Hall–Kier alpha value is -2.47. The smallest absolute Gasteiger partial charge is 0.249 e. The molecular weight excluding hydrogens is 342 g/mol. The van der Waals surface area contributed by atoms with Gasteiger partial charge in [0.2, 0.25) is 5.95 Å². The Morgan fingerprint density at radius 2 is 1.64 bits per heavy atom. The lowest BCUT2D eigenvalue weighted by atomic mass is 10.2. The van der Waals surface area contributed by atoms with Crippen LogP contribution in [0, 0.1) is 6.92 Å². The van der Waals surface area contributed by atoms with Gasteiger partial charge in [0.05, 0.1) is 11.9 Å². The van der Waals surface area contributed by atoms with Crippen molar-refractivity contribution >= 4 is 39.1 Å². The molecule has 0 saturated heterocycles. The minimum atomic E-state index is 0.436. The van der Waals surface area contributed by atoms with E-state index in [-0.39, 0.29) is 0 Å². The molecule has 5 nitrogen and oxygen atoms in total. The van der Waals surface area contributed by atoms with Crippen LogP contribution in [0.3, 0.4) is 0 Å². The lowest BCUT2D eigenvalue weighted by Gasteiger charge is -2.10. The second-order valence-electron chi connectivity index (χ2n) is 4.71. The molecular formula is C16H14BrN5. The summed E-state index contributed by atoms with van der Waals surface area (Å²) < 4.78 is 0.941. The van der Waals surface area contributed by atoms with Crippen LogP contribution < -0.4 is 10.6 Å². The Bertz CT molecular complexity index is 728. The molecule has 0 radical (unpaired) electrons. The molecule has 110 valence electrons. The molecule has 2 N–H and O–H groups in total. The van der Waals surface area contributed by atoms with Gasteiger partial charge in [0, 0.05) is 10.2 Å². The van der Waals surface area contributed by atoms with Crippen molar-refractivity contribution < 1.29 is 0 Å². The van der Waals surface area contributed by atoms with Gasteiger partial charge in [0.25, 0.3) is 0 Å². The lowest BCUT2D eigenvalue weighted by molar-refractivity contribution is 0.982. The molecule has 1 aromatic heterocycles. The molecule has 0 aliphatic heterocycles. The number of halogens is 1. The third-order valence-corrected chi connectivity index (χ3v) is 3.78. The number of nitrogens with zero attached hydrogens (tertiary/aromatic N) is 3. The number of anilines is 4. The first-order chi connectivity index (χ1) is 10.7. The van der Waals surface area contributed by atoms with E-state index in [1.165, 1.54) is 0 Å². The van der Waals surface area contributed by atoms with Crippen molar-refractivity contribution in [3.63, 3.8) is 0 Å². The van der Waals surface area contributed by atoms with Gasteiger partial charge >= 0.3 is 0 Å². The van der Waals surface area contributed by atoms with Crippen LogP contribution in [-0.4, -0.2) is 15.2 Å². The second-order valence-corrected chi connectivity index (χ2v) is 5.56. The number of aryl methyl sites for hydroxylation is 1. The molecule has 0 saturated carbocycles. The monoisotopic (exact) mass is 355 g/mol. The first-order valence-corrected chi connectivity index (χ1v) is 7.55. The fourth-order valence-corrected chi connectivity index (χ4v) is 2.33. The highest BCUT2D eigenvalue weighted by molar-refractivity contribution is 9.10.